The molecule has 3 heterocycles. The van der Waals surface area contributed by atoms with Crippen LogP contribution in [0.4, 0.5) is 0 Å². The number of piperidine rings is 2. The lowest BCUT2D eigenvalue weighted by Gasteiger charge is -2.34. The third-order valence-electron chi connectivity index (χ3n) is 4.76. The molecule has 0 bridgehead atoms. The molecule has 2 fully saturated rings. The third kappa shape index (κ3) is 4.21. The molecule has 7 nitrogen and oxygen atoms in total. The topological polar surface area (TPSA) is 84.4 Å². The highest BCUT2D eigenvalue weighted by Gasteiger charge is 2.31. The van der Waals surface area contributed by atoms with Crippen molar-refractivity contribution in [1.29, 1.82) is 0 Å². The van der Waals surface area contributed by atoms with Crippen LogP contribution in [0.5, 0.6) is 5.88 Å². The number of carbonyl (C=O) groups is 2. The van der Waals surface area contributed by atoms with Crippen LogP contribution in [0.3, 0.4) is 0 Å². The lowest BCUT2D eigenvalue weighted by Crippen LogP contribution is -2.46. The van der Waals surface area contributed by atoms with Crippen LogP contribution < -0.4 is 10.1 Å². The number of rotatable bonds is 4. The molecular formula is C17H24N4O3. The second kappa shape index (κ2) is 7.59. The van der Waals surface area contributed by atoms with E-state index in [0.29, 0.717) is 31.4 Å². The average Bonchev–Trinajstić information content (AvgIpc) is 2.61. The van der Waals surface area contributed by atoms with E-state index in [2.05, 4.69) is 15.5 Å². The van der Waals surface area contributed by atoms with Crippen molar-refractivity contribution in [1.82, 2.24) is 20.4 Å². The van der Waals surface area contributed by atoms with Crippen molar-refractivity contribution in [3.8, 4) is 5.88 Å². The molecule has 0 spiro atoms. The molecule has 0 aromatic carbocycles. The van der Waals surface area contributed by atoms with E-state index in [1.54, 1.807) is 0 Å². The van der Waals surface area contributed by atoms with E-state index in [4.69, 9.17) is 4.74 Å². The van der Waals surface area contributed by atoms with E-state index in [9.17, 15) is 9.59 Å². The number of aromatic nitrogens is 2. The Morgan fingerprint density at radius 2 is 2.08 bits per heavy atom. The van der Waals surface area contributed by atoms with Crippen LogP contribution >= 0.6 is 0 Å². The maximum Gasteiger partial charge on any atom is 0.233 e. The minimum atomic E-state index is -0.144. The zero-order valence-electron chi connectivity index (χ0n) is 14.0. The van der Waals surface area contributed by atoms with Crippen molar-refractivity contribution < 1.29 is 14.3 Å². The number of ether oxygens (including phenoxy) is 1. The molecule has 2 aliphatic heterocycles. The summed E-state index contributed by atoms with van der Waals surface area (Å²) in [5, 5.41) is 10.8. The molecule has 7 heteroatoms. The van der Waals surface area contributed by atoms with E-state index in [1.807, 2.05) is 24.0 Å². The number of amides is 2. The number of likely N-dealkylation sites (tertiary alicyclic amines) is 1. The van der Waals surface area contributed by atoms with Gasteiger partial charge in [0.1, 0.15) is 0 Å². The summed E-state index contributed by atoms with van der Waals surface area (Å²) in [4.78, 5) is 25.9. The first-order valence-electron chi connectivity index (χ1n) is 8.60. The van der Waals surface area contributed by atoms with Gasteiger partial charge in [0, 0.05) is 38.0 Å². The minimum Gasteiger partial charge on any atom is -0.476 e. The highest BCUT2D eigenvalue weighted by molar-refractivity contribution is 5.86. The van der Waals surface area contributed by atoms with Crippen molar-refractivity contribution in [2.75, 3.05) is 26.2 Å². The summed E-state index contributed by atoms with van der Waals surface area (Å²) in [6.07, 6.45) is 2.92. The molecule has 1 aromatic heterocycles. The standard InChI is InChI=1S/C17H24N4O3/c1-12-2-3-16(20-19-12)24-11-13-5-8-21(9-6-13)17(23)14-4-7-18-15(22)10-14/h2-3,13-14H,4-11H2,1H3,(H,18,22). The smallest absolute Gasteiger partial charge is 0.233 e. The summed E-state index contributed by atoms with van der Waals surface area (Å²) in [6.45, 7) is 4.58. The quantitative estimate of drug-likeness (QED) is 0.887. The zero-order valence-corrected chi connectivity index (χ0v) is 14.0. The number of aryl methyl sites for hydroxylation is 1. The SMILES string of the molecule is Cc1ccc(OCC2CCN(C(=O)C3CCNC(=O)C3)CC2)nn1. The predicted molar refractivity (Wildman–Crippen MR) is 87.3 cm³/mol. The van der Waals surface area contributed by atoms with E-state index in [0.717, 1.165) is 38.0 Å². The maximum atomic E-state index is 12.5. The lowest BCUT2D eigenvalue weighted by atomic mass is 9.93. The molecule has 0 radical (unpaired) electrons. The number of nitrogens with one attached hydrogen (secondary N) is 1. The molecule has 1 atom stereocenters. The van der Waals surface area contributed by atoms with Gasteiger partial charge in [0.15, 0.2) is 0 Å². The second-order valence-electron chi connectivity index (χ2n) is 6.63. The summed E-state index contributed by atoms with van der Waals surface area (Å²) in [5.41, 5.74) is 0.866. The number of nitrogens with zero attached hydrogens (tertiary/aromatic N) is 3. The summed E-state index contributed by atoms with van der Waals surface area (Å²) >= 11 is 0. The molecular weight excluding hydrogens is 308 g/mol. The Hall–Kier alpha value is -2.18. The summed E-state index contributed by atoms with van der Waals surface area (Å²) < 4.78 is 5.70. The molecule has 24 heavy (non-hydrogen) atoms. The van der Waals surface area contributed by atoms with Crippen molar-refractivity contribution >= 4 is 11.8 Å². The van der Waals surface area contributed by atoms with Gasteiger partial charge in [0.05, 0.1) is 12.3 Å². The van der Waals surface area contributed by atoms with Gasteiger partial charge >= 0.3 is 0 Å². The summed E-state index contributed by atoms with van der Waals surface area (Å²) in [5.74, 6) is 0.948. The molecule has 1 N–H and O–H groups in total. The highest BCUT2D eigenvalue weighted by atomic mass is 16.5. The van der Waals surface area contributed by atoms with Crippen molar-refractivity contribution in [2.24, 2.45) is 11.8 Å². The van der Waals surface area contributed by atoms with Gasteiger partial charge in [-0.2, -0.15) is 5.10 Å². The molecule has 1 unspecified atom stereocenters. The van der Waals surface area contributed by atoms with Gasteiger partial charge in [-0.3, -0.25) is 9.59 Å². The number of carbonyl (C=O) groups excluding carboxylic acids is 2. The lowest BCUT2D eigenvalue weighted by molar-refractivity contribution is -0.141. The first-order valence-corrected chi connectivity index (χ1v) is 8.60. The van der Waals surface area contributed by atoms with Crippen molar-refractivity contribution in [3.63, 3.8) is 0 Å². The Morgan fingerprint density at radius 3 is 2.75 bits per heavy atom. The molecule has 2 aliphatic rings. The Balaban J connectivity index is 1.42. The minimum absolute atomic E-state index is 0.0120. The first-order chi connectivity index (χ1) is 11.6. The summed E-state index contributed by atoms with van der Waals surface area (Å²) in [7, 11) is 0. The van der Waals surface area contributed by atoms with Crippen LogP contribution in [0.15, 0.2) is 12.1 Å². The third-order valence-corrected chi connectivity index (χ3v) is 4.76. The molecule has 0 saturated carbocycles. The average molecular weight is 332 g/mol. The van der Waals surface area contributed by atoms with Crippen LogP contribution in [0.2, 0.25) is 0 Å². The van der Waals surface area contributed by atoms with Crippen LogP contribution in [-0.4, -0.2) is 53.2 Å². The first kappa shape index (κ1) is 16.7. The molecule has 2 amide bonds. The van der Waals surface area contributed by atoms with Gasteiger partial charge in [-0.15, -0.1) is 5.10 Å². The Bertz CT molecular complexity index is 582. The number of hydrogen-bond acceptors (Lipinski definition) is 5. The maximum absolute atomic E-state index is 12.5. The molecule has 3 rings (SSSR count). The molecule has 1 aromatic rings. The largest absolute Gasteiger partial charge is 0.476 e. The van der Waals surface area contributed by atoms with Gasteiger partial charge < -0.3 is 15.0 Å². The fourth-order valence-corrected chi connectivity index (χ4v) is 3.24. The van der Waals surface area contributed by atoms with Crippen LogP contribution in [-0.2, 0) is 9.59 Å². The van der Waals surface area contributed by atoms with Crippen molar-refractivity contribution in [3.05, 3.63) is 17.8 Å². The molecule has 0 aliphatic carbocycles. The van der Waals surface area contributed by atoms with Crippen LogP contribution in [0, 0.1) is 18.8 Å². The Kier molecular flexibility index (Phi) is 5.27. The van der Waals surface area contributed by atoms with E-state index in [1.165, 1.54) is 0 Å². The Morgan fingerprint density at radius 1 is 1.29 bits per heavy atom. The fraction of sp³-hybridized carbons (Fsp3) is 0.647. The molecule has 130 valence electrons. The second-order valence-corrected chi connectivity index (χ2v) is 6.63. The van der Waals surface area contributed by atoms with Gasteiger partial charge in [0.25, 0.3) is 0 Å². The van der Waals surface area contributed by atoms with E-state index in [-0.39, 0.29) is 17.7 Å². The Labute approximate surface area is 141 Å². The van der Waals surface area contributed by atoms with Gasteiger partial charge in [-0.05, 0) is 38.2 Å². The van der Waals surface area contributed by atoms with Gasteiger partial charge in [-0.25, -0.2) is 0 Å². The summed E-state index contributed by atoms with van der Waals surface area (Å²) in [6, 6.07) is 3.71. The van der Waals surface area contributed by atoms with E-state index < -0.39 is 0 Å². The van der Waals surface area contributed by atoms with Crippen LogP contribution in [0.25, 0.3) is 0 Å². The van der Waals surface area contributed by atoms with E-state index >= 15 is 0 Å². The number of hydrogen-bond donors (Lipinski definition) is 1. The van der Waals surface area contributed by atoms with Gasteiger partial charge in [-0.1, -0.05) is 0 Å². The monoisotopic (exact) mass is 332 g/mol. The van der Waals surface area contributed by atoms with Gasteiger partial charge in [0.2, 0.25) is 17.7 Å². The zero-order chi connectivity index (χ0) is 16.9. The van der Waals surface area contributed by atoms with Crippen LogP contribution in [0.1, 0.15) is 31.4 Å². The highest BCUT2D eigenvalue weighted by Crippen LogP contribution is 2.22. The fourth-order valence-electron chi connectivity index (χ4n) is 3.24. The normalized spacial score (nSPS) is 22.1. The predicted octanol–water partition coefficient (Wildman–Crippen LogP) is 0.929. The molecule has 2 saturated heterocycles. The van der Waals surface area contributed by atoms with Crippen molar-refractivity contribution in [2.45, 2.75) is 32.6 Å².